The summed E-state index contributed by atoms with van der Waals surface area (Å²) in [6.45, 7) is 1.18. The fourth-order valence-electron chi connectivity index (χ4n) is 2.08. The van der Waals surface area contributed by atoms with Crippen molar-refractivity contribution < 1.29 is 4.79 Å². The second-order valence-electron chi connectivity index (χ2n) is 4.38. The van der Waals surface area contributed by atoms with Crippen LogP contribution in [0.5, 0.6) is 0 Å². The molecule has 0 spiro atoms. The lowest BCUT2D eigenvalue weighted by atomic mass is 10.1. The topological polar surface area (TPSA) is 49.6 Å². The van der Waals surface area contributed by atoms with Gasteiger partial charge in [-0.1, -0.05) is 6.07 Å². The van der Waals surface area contributed by atoms with E-state index in [1.807, 2.05) is 42.1 Å². The van der Waals surface area contributed by atoms with E-state index in [1.54, 1.807) is 0 Å². The van der Waals surface area contributed by atoms with Gasteiger partial charge in [-0.25, -0.2) is 0 Å². The Morgan fingerprint density at radius 3 is 2.94 bits per heavy atom. The first-order valence-corrected chi connectivity index (χ1v) is 5.42. The van der Waals surface area contributed by atoms with E-state index in [9.17, 15) is 4.79 Å². The van der Waals surface area contributed by atoms with E-state index in [2.05, 4.69) is 0 Å². The maximum atomic E-state index is 12.0. The third-order valence-electron chi connectivity index (χ3n) is 2.82. The Balaban J connectivity index is 2.24. The van der Waals surface area contributed by atoms with Gasteiger partial charge < -0.3 is 15.5 Å². The van der Waals surface area contributed by atoms with E-state index in [-0.39, 0.29) is 5.91 Å². The molecule has 1 aliphatic rings. The zero-order valence-corrected chi connectivity index (χ0v) is 9.73. The SMILES string of the molecule is CN(C)CC(=O)N1CCc2c(N)cccc21. The van der Waals surface area contributed by atoms with E-state index in [0.717, 1.165) is 29.9 Å². The molecule has 0 atom stereocenters. The molecule has 0 unspecified atom stereocenters. The highest BCUT2D eigenvalue weighted by molar-refractivity contribution is 5.97. The largest absolute Gasteiger partial charge is 0.398 e. The van der Waals surface area contributed by atoms with Crippen molar-refractivity contribution in [2.45, 2.75) is 6.42 Å². The van der Waals surface area contributed by atoms with Crippen LogP contribution in [0.2, 0.25) is 0 Å². The summed E-state index contributed by atoms with van der Waals surface area (Å²) >= 11 is 0. The molecule has 0 aliphatic carbocycles. The van der Waals surface area contributed by atoms with Gasteiger partial charge in [0, 0.05) is 23.5 Å². The van der Waals surface area contributed by atoms with Crippen molar-refractivity contribution in [1.82, 2.24) is 4.90 Å². The van der Waals surface area contributed by atoms with Crippen LogP contribution in [0.1, 0.15) is 5.56 Å². The van der Waals surface area contributed by atoms with Crippen molar-refractivity contribution in [3.63, 3.8) is 0 Å². The summed E-state index contributed by atoms with van der Waals surface area (Å²) in [5.74, 6) is 0.134. The summed E-state index contributed by atoms with van der Waals surface area (Å²) < 4.78 is 0. The summed E-state index contributed by atoms with van der Waals surface area (Å²) in [5.41, 5.74) is 8.76. The van der Waals surface area contributed by atoms with Gasteiger partial charge in [0.15, 0.2) is 0 Å². The summed E-state index contributed by atoms with van der Waals surface area (Å²) in [5, 5.41) is 0. The third-order valence-corrected chi connectivity index (χ3v) is 2.82. The fraction of sp³-hybridized carbons (Fsp3) is 0.417. The molecular weight excluding hydrogens is 202 g/mol. The quantitative estimate of drug-likeness (QED) is 0.746. The second kappa shape index (κ2) is 4.14. The molecule has 1 aliphatic heterocycles. The first-order valence-electron chi connectivity index (χ1n) is 5.42. The lowest BCUT2D eigenvalue weighted by molar-refractivity contribution is -0.119. The Kier molecular flexibility index (Phi) is 2.83. The van der Waals surface area contributed by atoms with Gasteiger partial charge in [-0.05, 0) is 32.6 Å². The lowest BCUT2D eigenvalue weighted by Gasteiger charge is -2.19. The van der Waals surface area contributed by atoms with Crippen LogP contribution in [-0.2, 0) is 11.2 Å². The number of anilines is 2. The minimum absolute atomic E-state index is 0.134. The number of nitrogens with two attached hydrogens (primary N) is 1. The van der Waals surface area contributed by atoms with Crippen LogP contribution >= 0.6 is 0 Å². The number of fused-ring (bicyclic) bond motifs is 1. The molecule has 0 radical (unpaired) electrons. The van der Waals surface area contributed by atoms with Crippen LogP contribution in [0, 0.1) is 0 Å². The molecule has 0 aromatic heterocycles. The van der Waals surface area contributed by atoms with E-state index < -0.39 is 0 Å². The fourth-order valence-corrected chi connectivity index (χ4v) is 2.08. The molecule has 0 saturated heterocycles. The summed E-state index contributed by atoms with van der Waals surface area (Å²) in [6, 6.07) is 5.75. The highest BCUT2D eigenvalue weighted by atomic mass is 16.2. The molecule has 4 heteroatoms. The Labute approximate surface area is 95.6 Å². The molecule has 0 saturated carbocycles. The van der Waals surface area contributed by atoms with E-state index in [1.165, 1.54) is 0 Å². The van der Waals surface area contributed by atoms with Gasteiger partial charge in [-0.3, -0.25) is 4.79 Å². The van der Waals surface area contributed by atoms with Crippen LogP contribution in [-0.4, -0.2) is 38.0 Å². The zero-order chi connectivity index (χ0) is 11.7. The number of carbonyl (C=O) groups is 1. The smallest absolute Gasteiger partial charge is 0.241 e. The Bertz CT molecular complexity index is 415. The molecule has 16 heavy (non-hydrogen) atoms. The highest BCUT2D eigenvalue weighted by Gasteiger charge is 2.25. The number of rotatable bonds is 2. The van der Waals surface area contributed by atoms with Crippen molar-refractivity contribution in [1.29, 1.82) is 0 Å². The number of benzene rings is 1. The van der Waals surface area contributed by atoms with Crippen LogP contribution < -0.4 is 10.6 Å². The maximum absolute atomic E-state index is 12.0. The standard InChI is InChI=1S/C12H17N3O/c1-14(2)8-12(16)15-7-6-9-10(13)4-3-5-11(9)15/h3-5H,6-8,13H2,1-2H3. The number of amides is 1. The molecule has 2 rings (SSSR count). The normalized spacial score (nSPS) is 14.3. The van der Waals surface area contributed by atoms with Gasteiger partial charge in [0.2, 0.25) is 5.91 Å². The number of hydrogen-bond acceptors (Lipinski definition) is 3. The molecule has 1 heterocycles. The predicted octanol–water partition coefficient (Wildman–Crippen LogP) is 0.720. The Hall–Kier alpha value is -1.55. The maximum Gasteiger partial charge on any atom is 0.241 e. The molecule has 4 nitrogen and oxygen atoms in total. The third kappa shape index (κ3) is 1.88. The van der Waals surface area contributed by atoms with Gasteiger partial charge in [0.1, 0.15) is 0 Å². The molecule has 1 amide bonds. The molecular formula is C12H17N3O. The van der Waals surface area contributed by atoms with Gasteiger partial charge in [-0.15, -0.1) is 0 Å². The summed E-state index contributed by atoms with van der Waals surface area (Å²) in [7, 11) is 3.79. The minimum Gasteiger partial charge on any atom is -0.398 e. The van der Waals surface area contributed by atoms with Crippen LogP contribution in [0.25, 0.3) is 0 Å². The summed E-state index contributed by atoms with van der Waals surface area (Å²) in [6.07, 6.45) is 0.862. The first-order chi connectivity index (χ1) is 7.59. The predicted molar refractivity (Wildman–Crippen MR) is 65.5 cm³/mol. The number of likely N-dealkylation sites (N-methyl/N-ethyl adjacent to an activating group) is 1. The van der Waals surface area contributed by atoms with Crippen LogP contribution in [0.15, 0.2) is 18.2 Å². The van der Waals surface area contributed by atoms with Crippen LogP contribution in [0.3, 0.4) is 0 Å². The second-order valence-corrected chi connectivity index (χ2v) is 4.38. The number of nitrogens with zero attached hydrogens (tertiary/aromatic N) is 2. The Morgan fingerprint density at radius 1 is 1.50 bits per heavy atom. The van der Waals surface area contributed by atoms with E-state index in [4.69, 9.17) is 5.73 Å². The highest BCUT2D eigenvalue weighted by Crippen LogP contribution is 2.31. The monoisotopic (exact) mass is 219 g/mol. The van der Waals surface area contributed by atoms with Crippen molar-refractivity contribution >= 4 is 17.3 Å². The molecule has 2 N–H and O–H groups in total. The lowest BCUT2D eigenvalue weighted by Crippen LogP contribution is -2.36. The summed E-state index contributed by atoms with van der Waals surface area (Å²) in [4.78, 5) is 15.7. The number of nitrogen functional groups attached to an aromatic ring is 1. The molecule has 86 valence electrons. The molecule has 1 aromatic carbocycles. The zero-order valence-electron chi connectivity index (χ0n) is 9.73. The Morgan fingerprint density at radius 2 is 2.25 bits per heavy atom. The van der Waals surface area contributed by atoms with Gasteiger partial charge >= 0.3 is 0 Å². The number of carbonyl (C=O) groups excluding carboxylic acids is 1. The average molecular weight is 219 g/mol. The van der Waals surface area contributed by atoms with Crippen molar-refractivity contribution in [3.05, 3.63) is 23.8 Å². The van der Waals surface area contributed by atoms with E-state index in [0.29, 0.717) is 6.54 Å². The van der Waals surface area contributed by atoms with Gasteiger partial charge in [-0.2, -0.15) is 0 Å². The minimum atomic E-state index is 0.134. The van der Waals surface area contributed by atoms with Crippen molar-refractivity contribution in [2.75, 3.05) is 37.8 Å². The van der Waals surface area contributed by atoms with Gasteiger partial charge in [0.05, 0.1) is 6.54 Å². The molecule has 1 aromatic rings. The van der Waals surface area contributed by atoms with Gasteiger partial charge in [0.25, 0.3) is 0 Å². The first kappa shape index (κ1) is 11.0. The van der Waals surface area contributed by atoms with E-state index >= 15 is 0 Å². The molecule has 0 fully saturated rings. The molecule has 0 bridgehead atoms. The van der Waals surface area contributed by atoms with Crippen molar-refractivity contribution in [2.24, 2.45) is 0 Å². The van der Waals surface area contributed by atoms with Crippen molar-refractivity contribution in [3.8, 4) is 0 Å². The number of hydrogen-bond donors (Lipinski definition) is 1. The van der Waals surface area contributed by atoms with Crippen LogP contribution in [0.4, 0.5) is 11.4 Å². The average Bonchev–Trinajstić information content (AvgIpc) is 2.61.